The van der Waals surface area contributed by atoms with Gasteiger partial charge in [0.1, 0.15) is 5.75 Å². The molecule has 8 heteroatoms. The number of ether oxygens (including phenoxy) is 1. The van der Waals surface area contributed by atoms with Crippen molar-refractivity contribution >= 4 is 34.6 Å². The van der Waals surface area contributed by atoms with Crippen LogP contribution in [0.4, 0.5) is 0 Å². The minimum absolute atomic E-state index is 0.0849. The highest BCUT2D eigenvalue weighted by Gasteiger charge is 2.16. The van der Waals surface area contributed by atoms with Crippen molar-refractivity contribution in [2.75, 3.05) is 32.0 Å². The topological polar surface area (TPSA) is 87.3 Å². The first kappa shape index (κ1) is 19.1. The zero-order chi connectivity index (χ0) is 18.2. The monoisotopic (exact) mass is 364 g/mol. The Labute approximate surface area is 151 Å². The van der Waals surface area contributed by atoms with Crippen LogP contribution in [0.2, 0.25) is 0 Å². The molecule has 0 aliphatic rings. The highest BCUT2D eigenvalue weighted by atomic mass is 32.2. The fourth-order valence-corrected chi connectivity index (χ4v) is 3.10. The van der Waals surface area contributed by atoms with Crippen molar-refractivity contribution in [3.63, 3.8) is 0 Å². The van der Waals surface area contributed by atoms with E-state index in [9.17, 15) is 9.59 Å². The van der Waals surface area contributed by atoms with Gasteiger partial charge in [0.2, 0.25) is 11.8 Å². The highest BCUT2D eigenvalue weighted by Crippen LogP contribution is 2.23. The molecule has 0 aliphatic carbocycles. The Bertz CT molecular complexity index is 732. The Morgan fingerprint density at radius 2 is 2.12 bits per heavy atom. The van der Waals surface area contributed by atoms with E-state index in [1.165, 1.54) is 16.7 Å². The second-order valence-electron chi connectivity index (χ2n) is 5.30. The number of fused-ring (bicyclic) bond motifs is 1. The predicted octanol–water partition coefficient (Wildman–Crippen LogP) is 2.04. The molecule has 0 atom stereocenters. The first-order valence-corrected chi connectivity index (χ1v) is 9.35. The van der Waals surface area contributed by atoms with Crippen LogP contribution in [-0.2, 0) is 9.59 Å². The van der Waals surface area contributed by atoms with E-state index in [-0.39, 0.29) is 24.1 Å². The summed E-state index contributed by atoms with van der Waals surface area (Å²) in [5.41, 5.74) is 1.70. The van der Waals surface area contributed by atoms with Crippen LogP contribution in [0.3, 0.4) is 0 Å². The fourth-order valence-electron chi connectivity index (χ4n) is 2.31. The molecular formula is C17H24N4O3S. The molecule has 136 valence electrons. The number of rotatable bonds is 9. The largest absolute Gasteiger partial charge is 0.494 e. The maximum Gasteiger partial charge on any atom is 0.239 e. The van der Waals surface area contributed by atoms with Crippen LogP contribution >= 0.6 is 11.8 Å². The maximum absolute atomic E-state index is 12.3. The molecule has 0 saturated carbocycles. The van der Waals surface area contributed by atoms with Crippen LogP contribution < -0.4 is 10.1 Å². The van der Waals surface area contributed by atoms with Gasteiger partial charge in [0.15, 0.2) is 5.16 Å². The zero-order valence-electron chi connectivity index (χ0n) is 14.8. The minimum Gasteiger partial charge on any atom is -0.494 e. The molecule has 2 amide bonds. The third kappa shape index (κ3) is 5.38. The van der Waals surface area contributed by atoms with Gasteiger partial charge in [0, 0.05) is 19.2 Å². The van der Waals surface area contributed by atoms with Crippen LogP contribution in [0, 0.1) is 0 Å². The van der Waals surface area contributed by atoms with Crippen LogP contribution in [0.5, 0.6) is 5.75 Å². The van der Waals surface area contributed by atoms with E-state index >= 15 is 0 Å². The summed E-state index contributed by atoms with van der Waals surface area (Å²) >= 11 is 1.33. The van der Waals surface area contributed by atoms with Gasteiger partial charge >= 0.3 is 0 Å². The number of nitrogens with one attached hydrogen (secondary N) is 2. The summed E-state index contributed by atoms with van der Waals surface area (Å²) in [6.07, 6.45) is 0. The Kier molecular flexibility index (Phi) is 7.12. The van der Waals surface area contributed by atoms with Gasteiger partial charge in [-0.15, -0.1) is 0 Å². The average molecular weight is 364 g/mol. The van der Waals surface area contributed by atoms with Gasteiger partial charge in [-0.25, -0.2) is 4.98 Å². The first-order valence-electron chi connectivity index (χ1n) is 8.37. The number of H-pyrrole nitrogens is 1. The maximum atomic E-state index is 12.3. The van der Waals surface area contributed by atoms with Crippen LogP contribution in [0.25, 0.3) is 11.0 Å². The lowest BCUT2D eigenvalue weighted by Gasteiger charge is -2.19. The highest BCUT2D eigenvalue weighted by molar-refractivity contribution is 7.99. The molecule has 0 unspecified atom stereocenters. The van der Waals surface area contributed by atoms with Crippen molar-refractivity contribution in [2.24, 2.45) is 0 Å². The fraction of sp³-hybridized carbons (Fsp3) is 0.471. The van der Waals surface area contributed by atoms with Crippen molar-refractivity contribution in [1.29, 1.82) is 0 Å². The molecule has 0 saturated heterocycles. The van der Waals surface area contributed by atoms with E-state index in [0.29, 0.717) is 24.9 Å². The molecule has 25 heavy (non-hydrogen) atoms. The van der Waals surface area contributed by atoms with Crippen LogP contribution in [0.15, 0.2) is 23.4 Å². The molecule has 0 spiro atoms. The van der Waals surface area contributed by atoms with Crippen molar-refractivity contribution < 1.29 is 14.3 Å². The summed E-state index contributed by atoms with van der Waals surface area (Å²) in [4.78, 5) is 33.1. The number of imidazole rings is 1. The van der Waals surface area contributed by atoms with E-state index in [1.807, 2.05) is 39.0 Å². The van der Waals surface area contributed by atoms with Crippen molar-refractivity contribution in [3.8, 4) is 5.75 Å². The molecule has 0 bridgehead atoms. The molecule has 2 aromatic rings. The van der Waals surface area contributed by atoms with Crippen LogP contribution in [-0.4, -0.2) is 58.7 Å². The van der Waals surface area contributed by atoms with Gasteiger partial charge < -0.3 is 19.9 Å². The van der Waals surface area contributed by atoms with Gasteiger partial charge in [-0.2, -0.15) is 0 Å². The molecule has 1 aromatic heterocycles. The number of aromatic amines is 1. The number of carbonyl (C=O) groups is 2. The summed E-state index contributed by atoms with van der Waals surface area (Å²) in [6.45, 7) is 7.39. The number of carbonyl (C=O) groups excluding carboxylic acids is 2. The van der Waals surface area contributed by atoms with Crippen molar-refractivity contribution in [2.45, 2.75) is 25.9 Å². The number of likely N-dealkylation sites (N-methyl/N-ethyl adjacent to an activating group) is 2. The van der Waals surface area contributed by atoms with Gasteiger partial charge in [-0.3, -0.25) is 9.59 Å². The number of benzene rings is 1. The lowest BCUT2D eigenvalue weighted by Crippen LogP contribution is -2.41. The van der Waals surface area contributed by atoms with Gasteiger partial charge in [0.25, 0.3) is 0 Å². The van der Waals surface area contributed by atoms with Gasteiger partial charge in [0.05, 0.1) is 29.9 Å². The minimum atomic E-state index is -0.144. The van der Waals surface area contributed by atoms with Gasteiger partial charge in [-0.05, 0) is 32.9 Å². The van der Waals surface area contributed by atoms with E-state index in [1.54, 1.807) is 0 Å². The average Bonchev–Trinajstić information content (AvgIpc) is 3.00. The molecule has 0 radical (unpaired) electrons. The normalized spacial score (nSPS) is 10.7. The number of hydrogen-bond donors (Lipinski definition) is 2. The Morgan fingerprint density at radius 1 is 1.32 bits per heavy atom. The number of thioether (sulfide) groups is 1. The smallest absolute Gasteiger partial charge is 0.239 e. The lowest BCUT2D eigenvalue weighted by molar-refractivity contribution is -0.133. The second kappa shape index (κ2) is 9.31. The van der Waals surface area contributed by atoms with E-state index in [2.05, 4.69) is 15.3 Å². The quantitative estimate of drug-likeness (QED) is 0.665. The zero-order valence-corrected chi connectivity index (χ0v) is 15.6. The molecule has 2 rings (SSSR count). The summed E-state index contributed by atoms with van der Waals surface area (Å²) in [7, 11) is 0. The SMILES string of the molecule is CCNC(=O)CN(CC)C(=O)CSc1nc2ccc(OCC)cc2[nH]1. The van der Waals surface area contributed by atoms with Crippen LogP contribution in [0.1, 0.15) is 20.8 Å². The second-order valence-corrected chi connectivity index (χ2v) is 6.27. The summed E-state index contributed by atoms with van der Waals surface area (Å²) in [5, 5.41) is 3.37. The molecule has 0 fully saturated rings. The summed E-state index contributed by atoms with van der Waals surface area (Å²) < 4.78 is 5.47. The molecular weight excluding hydrogens is 340 g/mol. The summed E-state index contributed by atoms with van der Waals surface area (Å²) in [6, 6.07) is 5.65. The molecule has 1 aromatic carbocycles. The molecule has 1 heterocycles. The van der Waals surface area contributed by atoms with Crippen molar-refractivity contribution in [1.82, 2.24) is 20.2 Å². The van der Waals surface area contributed by atoms with E-state index in [0.717, 1.165) is 16.8 Å². The Hall–Kier alpha value is -2.22. The van der Waals surface area contributed by atoms with E-state index < -0.39 is 0 Å². The third-order valence-electron chi connectivity index (χ3n) is 3.52. The Morgan fingerprint density at radius 3 is 2.80 bits per heavy atom. The number of amides is 2. The molecule has 2 N–H and O–H groups in total. The number of hydrogen-bond acceptors (Lipinski definition) is 5. The standard InChI is InChI=1S/C17H24N4O3S/c1-4-18-15(22)10-21(5-2)16(23)11-25-17-19-13-8-7-12(24-6-3)9-14(13)20-17/h7-9H,4-6,10-11H2,1-3H3,(H,18,22)(H,19,20). The van der Waals surface area contributed by atoms with E-state index in [4.69, 9.17) is 4.74 Å². The molecule has 0 aliphatic heterocycles. The Balaban J connectivity index is 1.96. The third-order valence-corrected chi connectivity index (χ3v) is 4.38. The first-order chi connectivity index (χ1) is 12.1. The number of aromatic nitrogens is 2. The number of nitrogens with zero attached hydrogens (tertiary/aromatic N) is 2. The lowest BCUT2D eigenvalue weighted by atomic mass is 10.3. The van der Waals surface area contributed by atoms with Gasteiger partial charge in [-0.1, -0.05) is 11.8 Å². The molecule has 7 nitrogen and oxygen atoms in total. The summed E-state index contributed by atoms with van der Waals surface area (Å²) in [5.74, 6) is 0.778. The van der Waals surface area contributed by atoms with Crippen molar-refractivity contribution in [3.05, 3.63) is 18.2 Å². The predicted molar refractivity (Wildman–Crippen MR) is 98.9 cm³/mol.